The van der Waals surface area contributed by atoms with Crippen LogP contribution in [-0.4, -0.2) is 57.9 Å². The first kappa shape index (κ1) is 20.9. The van der Waals surface area contributed by atoms with Crippen LogP contribution in [0.4, 0.5) is 11.6 Å². The summed E-state index contributed by atoms with van der Waals surface area (Å²) in [5, 5.41) is 19.7. The van der Waals surface area contributed by atoms with E-state index in [4.69, 9.17) is 4.52 Å². The van der Waals surface area contributed by atoms with E-state index in [0.29, 0.717) is 19.1 Å². The van der Waals surface area contributed by atoms with Crippen molar-refractivity contribution < 1.29 is 9.32 Å². The van der Waals surface area contributed by atoms with E-state index < -0.39 is 0 Å². The zero-order valence-corrected chi connectivity index (χ0v) is 19.7. The number of nitrogens with zero attached hydrogens (tertiary/aromatic N) is 5. The molecular formula is C26H28N6O2. The van der Waals surface area contributed by atoms with Gasteiger partial charge in [0.05, 0.1) is 11.6 Å². The molecular weight excluding hydrogens is 428 g/mol. The van der Waals surface area contributed by atoms with Crippen LogP contribution in [-0.2, 0) is 4.79 Å². The van der Waals surface area contributed by atoms with Crippen LogP contribution in [0.1, 0.15) is 32.3 Å². The molecule has 8 nitrogen and oxygen atoms in total. The van der Waals surface area contributed by atoms with Crippen molar-refractivity contribution in [3.05, 3.63) is 42.1 Å². The molecule has 0 unspecified atom stereocenters. The first-order valence-electron chi connectivity index (χ1n) is 11.9. The second kappa shape index (κ2) is 7.97. The van der Waals surface area contributed by atoms with E-state index in [9.17, 15) is 4.79 Å². The Hall–Kier alpha value is -3.68. The molecule has 2 aliphatic rings. The highest BCUT2D eigenvalue weighted by molar-refractivity contribution is 6.02. The third-order valence-corrected chi connectivity index (χ3v) is 7.04. The molecule has 2 fully saturated rings. The molecule has 6 rings (SSSR count). The standard InChI is InChI=1S/C26H28N6O2/c1-15-4-8-22-24(34-30-25(22)28-20-6-7-20)23(15)18-5-9-21-19(12-18)13-27-29-26(21)32-11-10-31(17(3)33)14-16(32)2/h4-5,8-9,12-13,16,20H,6-7,10-11,14H2,1-3H3,(H,28,30)/t16-/m0/s1. The molecule has 1 saturated carbocycles. The quantitative estimate of drug-likeness (QED) is 0.488. The number of aromatic nitrogens is 3. The molecule has 174 valence electrons. The van der Waals surface area contributed by atoms with E-state index in [2.05, 4.69) is 69.8 Å². The van der Waals surface area contributed by atoms with Gasteiger partial charge < -0.3 is 19.6 Å². The van der Waals surface area contributed by atoms with Gasteiger partial charge in [-0.15, -0.1) is 5.10 Å². The van der Waals surface area contributed by atoms with Crippen LogP contribution in [0, 0.1) is 6.92 Å². The van der Waals surface area contributed by atoms with Gasteiger partial charge in [-0.05, 0) is 56.0 Å². The second-order valence-corrected chi connectivity index (χ2v) is 9.56. The Kier molecular flexibility index (Phi) is 4.90. The van der Waals surface area contributed by atoms with Crippen LogP contribution in [0.3, 0.4) is 0 Å². The molecule has 2 aromatic heterocycles. The number of carbonyl (C=O) groups is 1. The smallest absolute Gasteiger partial charge is 0.219 e. The fraction of sp³-hybridized carbons (Fsp3) is 0.385. The second-order valence-electron chi connectivity index (χ2n) is 9.56. The molecule has 8 heteroatoms. The number of anilines is 2. The SMILES string of the molecule is CC(=O)N1CCN(c2nncc3cc(-c4c(C)ccc5c(NC6CC6)noc45)ccc23)[C@@H](C)C1. The highest BCUT2D eigenvalue weighted by Gasteiger charge is 2.28. The minimum atomic E-state index is 0.118. The number of rotatable bonds is 4. The van der Waals surface area contributed by atoms with Crippen molar-refractivity contribution in [1.29, 1.82) is 0 Å². The maximum absolute atomic E-state index is 11.8. The maximum Gasteiger partial charge on any atom is 0.219 e. The van der Waals surface area contributed by atoms with Gasteiger partial charge >= 0.3 is 0 Å². The van der Waals surface area contributed by atoms with E-state index in [1.807, 2.05) is 11.1 Å². The number of amides is 1. The van der Waals surface area contributed by atoms with Crippen LogP contribution in [0.15, 0.2) is 41.1 Å². The third kappa shape index (κ3) is 3.54. The molecule has 0 bridgehead atoms. The third-order valence-electron chi connectivity index (χ3n) is 7.04. The van der Waals surface area contributed by atoms with Crippen molar-refractivity contribution in [2.24, 2.45) is 0 Å². The van der Waals surface area contributed by atoms with Crippen molar-refractivity contribution >= 4 is 39.3 Å². The van der Waals surface area contributed by atoms with Crippen molar-refractivity contribution in [3.63, 3.8) is 0 Å². The molecule has 1 aliphatic carbocycles. The molecule has 1 atom stereocenters. The maximum atomic E-state index is 11.8. The van der Waals surface area contributed by atoms with Gasteiger partial charge in [0.25, 0.3) is 0 Å². The number of benzene rings is 2. The first-order chi connectivity index (χ1) is 16.5. The average Bonchev–Trinajstić information content (AvgIpc) is 3.56. The average molecular weight is 457 g/mol. The summed E-state index contributed by atoms with van der Waals surface area (Å²) >= 11 is 0. The van der Waals surface area contributed by atoms with E-state index >= 15 is 0 Å². The summed E-state index contributed by atoms with van der Waals surface area (Å²) in [6, 6.07) is 11.3. The lowest BCUT2D eigenvalue weighted by Gasteiger charge is -2.40. The molecule has 3 heterocycles. The van der Waals surface area contributed by atoms with Gasteiger partial charge in [-0.25, -0.2) is 0 Å². The summed E-state index contributed by atoms with van der Waals surface area (Å²) in [4.78, 5) is 16.0. The van der Waals surface area contributed by atoms with Gasteiger partial charge in [-0.3, -0.25) is 4.79 Å². The zero-order chi connectivity index (χ0) is 23.4. The molecule has 1 amide bonds. The fourth-order valence-electron chi connectivity index (χ4n) is 4.99. The minimum absolute atomic E-state index is 0.118. The molecule has 1 N–H and O–H groups in total. The highest BCUT2D eigenvalue weighted by atomic mass is 16.5. The Morgan fingerprint density at radius 2 is 1.97 bits per heavy atom. The molecule has 1 aliphatic heterocycles. The number of carbonyl (C=O) groups excluding carboxylic acids is 1. The number of nitrogens with one attached hydrogen (secondary N) is 1. The van der Waals surface area contributed by atoms with E-state index in [1.54, 1.807) is 6.92 Å². The fourth-order valence-corrected chi connectivity index (χ4v) is 4.99. The number of hydrogen-bond acceptors (Lipinski definition) is 7. The molecule has 0 spiro atoms. The molecule has 1 saturated heterocycles. The molecule has 34 heavy (non-hydrogen) atoms. The monoisotopic (exact) mass is 456 g/mol. The van der Waals surface area contributed by atoms with Crippen LogP contribution in [0.25, 0.3) is 32.9 Å². The minimum Gasteiger partial charge on any atom is -0.364 e. The van der Waals surface area contributed by atoms with E-state index in [-0.39, 0.29) is 11.9 Å². The predicted molar refractivity (Wildman–Crippen MR) is 133 cm³/mol. The predicted octanol–water partition coefficient (Wildman–Crippen LogP) is 4.38. The van der Waals surface area contributed by atoms with Crippen LogP contribution < -0.4 is 10.2 Å². The summed E-state index contributed by atoms with van der Waals surface area (Å²) in [7, 11) is 0. The summed E-state index contributed by atoms with van der Waals surface area (Å²) in [5.41, 5.74) is 4.06. The highest BCUT2D eigenvalue weighted by Crippen LogP contribution is 2.38. The topological polar surface area (TPSA) is 87.4 Å². The van der Waals surface area contributed by atoms with Gasteiger partial charge in [0.15, 0.2) is 17.2 Å². The Bertz CT molecular complexity index is 1410. The lowest BCUT2D eigenvalue weighted by Crippen LogP contribution is -2.53. The van der Waals surface area contributed by atoms with Gasteiger partial charge in [-0.2, -0.15) is 5.10 Å². The normalized spacial score (nSPS) is 18.6. The van der Waals surface area contributed by atoms with Crippen molar-refractivity contribution in [3.8, 4) is 11.1 Å². The van der Waals surface area contributed by atoms with Gasteiger partial charge in [0.2, 0.25) is 5.91 Å². The van der Waals surface area contributed by atoms with Crippen molar-refractivity contribution in [1.82, 2.24) is 20.3 Å². The van der Waals surface area contributed by atoms with E-state index in [1.165, 1.54) is 12.8 Å². The Balaban J connectivity index is 1.39. The summed E-state index contributed by atoms with van der Waals surface area (Å²) < 4.78 is 5.84. The number of aryl methyl sites for hydroxylation is 1. The summed E-state index contributed by atoms with van der Waals surface area (Å²) in [6.07, 6.45) is 4.18. The lowest BCUT2D eigenvalue weighted by atomic mass is 9.96. The number of hydrogen-bond donors (Lipinski definition) is 1. The summed E-state index contributed by atoms with van der Waals surface area (Å²) in [5.74, 6) is 1.81. The Labute approximate surface area is 197 Å². The first-order valence-corrected chi connectivity index (χ1v) is 11.9. The van der Waals surface area contributed by atoms with Crippen LogP contribution >= 0.6 is 0 Å². The molecule has 0 radical (unpaired) electrons. The van der Waals surface area contributed by atoms with Gasteiger partial charge in [-0.1, -0.05) is 17.3 Å². The van der Waals surface area contributed by atoms with Crippen LogP contribution in [0.2, 0.25) is 0 Å². The number of piperazine rings is 1. The van der Waals surface area contributed by atoms with E-state index in [0.717, 1.165) is 56.6 Å². The zero-order valence-electron chi connectivity index (χ0n) is 19.7. The largest absolute Gasteiger partial charge is 0.364 e. The Morgan fingerprint density at radius 3 is 2.74 bits per heavy atom. The van der Waals surface area contributed by atoms with Crippen molar-refractivity contribution in [2.45, 2.75) is 45.7 Å². The van der Waals surface area contributed by atoms with Crippen LogP contribution in [0.5, 0.6) is 0 Å². The molecule has 4 aromatic rings. The molecule has 2 aromatic carbocycles. The summed E-state index contributed by atoms with van der Waals surface area (Å²) in [6.45, 7) is 7.98. The van der Waals surface area contributed by atoms with Gasteiger partial charge in [0, 0.05) is 55.0 Å². The van der Waals surface area contributed by atoms with Crippen molar-refractivity contribution in [2.75, 3.05) is 29.9 Å². The Morgan fingerprint density at radius 1 is 1.15 bits per heavy atom. The van der Waals surface area contributed by atoms with Gasteiger partial charge in [0.1, 0.15) is 0 Å². The lowest BCUT2D eigenvalue weighted by molar-refractivity contribution is -0.129. The number of fused-ring (bicyclic) bond motifs is 2.